The SMILES string of the molecule is C.CC1(C)OB(c2ccc3c(ccc4ccc5nc(-c6ccccc6)oc5c43)c2)OC1(C)C.Clc1nc(-c2ccccc2)nc(C2(c3ccccc3)c3ccccc3-c3ccccc32)n1.c1ccc(-c2nc(-c3ccc4c(ccc5ccc6nc(-c7ccccc7)oc6c54)c3)nc(C3(c4ccccc4)c4ccccc4-c4ccccc43)n2)cc1. The molecule has 570 valence electrons. The number of benzene rings is 16. The van der Waals surface area contributed by atoms with E-state index < -0.39 is 10.8 Å². The van der Waals surface area contributed by atoms with Crippen LogP contribution in [0.4, 0.5) is 0 Å². The van der Waals surface area contributed by atoms with Gasteiger partial charge in [-0.2, -0.15) is 4.98 Å². The Morgan fingerprint density at radius 1 is 0.286 bits per heavy atom. The number of aromatic nitrogens is 8. The van der Waals surface area contributed by atoms with Crippen molar-refractivity contribution in [3.05, 3.63) is 414 Å². The number of oxazole rings is 2. The van der Waals surface area contributed by atoms with Gasteiger partial charge in [-0.15, -0.1) is 0 Å². The molecule has 0 saturated carbocycles. The van der Waals surface area contributed by atoms with E-state index in [4.69, 9.17) is 64.6 Å². The third kappa shape index (κ3) is 12.4. The number of hydrogen-bond donors (Lipinski definition) is 0. The summed E-state index contributed by atoms with van der Waals surface area (Å²) >= 11 is 6.52. The minimum absolute atomic E-state index is 0. The predicted molar refractivity (Wildman–Crippen MR) is 480 cm³/mol. The van der Waals surface area contributed by atoms with Gasteiger partial charge in [-0.25, -0.2) is 34.9 Å². The average Bonchev–Trinajstić information content (AvgIpc) is 1.55. The summed E-state index contributed by atoms with van der Waals surface area (Å²) < 4.78 is 25.3. The molecule has 0 spiro atoms. The second-order valence-electron chi connectivity index (χ2n) is 31.1. The highest BCUT2D eigenvalue weighted by Crippen LogP contribution is 2.57. The Kier molecular flexibility index (Phi) is 18.3. The first-order valence-electron chi connectivity index (χ1n) is 39.6. The van der Waals surface area contributed by atoms with Crippen molar-refractivity contribution in [2.75, 3.05) is 0 Å². The highest BCUT2D eigenvalue weighted by Gasteiger charge is 2.53. The molecular formula is C105H76BClN8O4. The van der Waals surface area contributed by atoms with Crippen molar-refractivity contribution < 1.29 is 18.1 Å². The zero-order valence-corrected chi connectivity index (χ0v) is 65.6. The van der Waals surface area contributed by atoms with Gasteiger partial charge in [0.2, 0.25) is 17.1 Å². The lowest BCUT2D eigenvalue weighted by Crippen LogP contribution is -2.41. The fourth-order valence-electron chi connectivity index (χ4n) is 17.6. The molecule has 0 radical (unpaired) electrons. The van der Waals surface area contributed by atoms with E-state index in [-0.39, 0.29) is 31.0 Å². The molecule has 0 N–H and O–H groups in total. The van der Waals surface area contributed by atoms with Crippen LogP contribution in [0.25, 0.3) is 145 Å². The van der Waals surface area contributed by atoms with Gasteiger partial charge in [0.15, 0.2) is 40.3 Å². The Morgan fingerprint density at radius 2 is 0.622 bits per heavy atom. The molecule has 0 bridgehead atoms. The van der Waals surface area contributed by atoms with E-state index in [2.05, 4.69) is 269 Å². The van der Waals surface area contributed by atoms with E-state index in [9.17, 15) is 0 Å². The van der Waals surface area contributed by atoms with Crippen molar-refractivity contribution in [2.24, 2.45) is 0 Å². The summed E-state index contributed by atoms with van der Waals surface area (Å²) in [5, 5.41) is 8.91. The summed E-state index contributed by atoms with van der Waals surface area (Å²) in [7, 11) is -0.383. The van der Waals surface area contributed by atoms with Crippen molar-refractivity contribution in [3.63, 3.8) is 0 Å². The van der Waals surface area contributed by atoms with Crippen LogP contribution in [0.2, 0.25) is 5.28 Å². The molecule has 1 aliphatic heterocycles. The maximum atomic E-state index is 6.52. The van der Waals surface area contributed by atoms with E-state index in [1.807, 2.05) is 127 Å². The fourth-order valence-corrected chi connectivity index (χ4v) is 17.7. The Hall–Kier alpha value is -14.2. The quantitative estimate of drug-likeness (QED) is 0.0948. The van der Waals surface area contributed by atoms with Crippen LogP contribution in [0.5, 0.6) is 0 Å². The number of rotatable bonds is 10. The molecule has 119 heavy (non-hydrogen) atoms. The highest BCUT2D eigenvalue weighted by atomic mass is 35.5. The smallest absolute Gasteiger partial charge is 0.435 e. The Balaban J connectivity index is 0.000000121. The molecule has 1 saturated heterocycles. The maximum Gasteiger partial charge on any atom is 0.494 e. The third-order valence-electron chi connectivity index (χ3n) is 23.9. The van der Waals surface area contributed by atoms with Gasteiger partial charge in [0.25, 0.3) is 0 Å². The average molecular weight is 1560 g/mol. The molecule has 5 heterocycles. The number of nitrogens with zero attached hydrogens (tertiary/aromatic N) is 8. The van der Waals surface area contributed by atoms with E-state index >= 15 is 0 Å². The summed E-state index contributed by atoms with van der Waals surface area (Å²) in [6.45, 7) is 8.30. The first-order chi connectivity index (χ1) is 57.9. The van der Waals surface area contributed by atoms with Crippen molar-refractivity contribution in [3.8, 4) is 79.3 Å². The Morgan fingerprint density at radius 3 is 1.05 bits per heavy atom. The van der Waals surface area contributed by atoms with E-state index in [1.165, 1.54) is 22.3 Å². The normalized spacial score (nSPS) is 14.2. The molecule has 16 aromatic carbocycles. The molecule has 12 nitrogen and oxygen atoms in total. The van der Waals surface area contributed by atoms with Gasteiger partial charge < -0.3 is 18.1 Å². The Bertz CT molecular complexity index is 7190. The standard InChI is InChI=1S/C49H30N4O.C28H18ClN3.C27H24BNO3.CH4/c1-4-14-32(15-5-1)45-51-46(53-48(52-45)49(36-18-8-3-9-19-36)40-22-12-10-20-38(40)39-21-11-13-23-41(39)49)35-26-28-37-34(30-35)25-24-31-27-29-42-44(43(31)37)54-47(50-42)33-16-6-2-7-17-33;29-27-31-25(19-11-3-1-4-12-19)30-26(32-27)28(20-13-5-2-6-14-20)23-17-9-7-15-21(23)22-16-8-10-18-24(22)28;1-26(2)27(3,4)32-28(31-26)20-13-14-21-19(16-20)11-10-17-12-15-22-24(23(17)21)30-25(29-22)18-8-6-5-7-9-18;/h1-30H;1-18H;5-16H,1-4H3;1H4. The minimum Gasteiger partial charge on any atom is -0.435 e. The second kappa shape index (κ2) is 29.5. The molecule has 4 aromatic heterocycles. The van der Waals surface area contributed by atoms with Gasteiger partial charge in [-0.1, -0.05) is 329 Å². The lowest BCUT2D eigenvalue weighted by Gasteiger charge is -2.32. The van der Waals surface area contributed by atoms with Crippen LogP contribution < -0.4 is 5.46 Å². The first kappa shape index (κ1) is 73.7. The largest absolute Gasteiger partial charge is 0.494 e. The first-order valence-corrected chi connectivity index (χ1v) is 40.0. The highest BCUT2D eigenvalue weighted by molar-refractivity contribution is 6.62. The minimum atomic E-state index is -0.767. The van der Waals surface area contributed by atoms with Gasteiger partial charge >= 0.3 is 7.12 Å². The van der Waals surface area contributed by atoms with Crippen LogP contribution in [0.3, 0.4) is 0 Å². The second-order valence-corrected chi connectivity index (χ2v) is 31.5. The van der Waals surface area contributed by atoms with Crippen LogP contribution in [0.1, 0.15) is 80.2 Å². The van der Waals surface area contributed by atoms with Gasteiger partial charge in [-0.3, -0.25) is 0 Å². The lowest BCUT2D eigenvalue weighted by atomic mass is 9.71. The zero-order chi connectivity index (χ0) is 79.3. The van der Waals surface area contributed by atoms with Crippen LogP contribution in [-0.4, -0.2) is 58.2 Å². The van der Waals surface area contributed by atoms with Crippen LogP contribution in [0, 0.1) is 0 Å². The van der Waals surface area contributed by atoms with Gasteiger partial charge in [0.05, 0.1) is 11.2 Å². The molecule has 0 amide bonds. The van der Waals surface area contributed by atoms with Crippen molar-refractivity contribution in [1.29, 1.82) is 0 Å². The number of hydrogen-bond acceptors (Lipinski definition) is 12. The number of fused-ring (bicyclic) bond motifs is 16. The fraction of sp³-hybridized carbons (Fsp3) is 0.0857. The van der Waals surface area contributed by atoms with Crippen molar-refractivity contribution in [2.45, 2.75) is 57.2 Å². The molecule has 3 aliphatic rings. The predicted octanol–water partition coefficient (Wildman–Crippen LogP) is 25.0. The zero-order valence-electron chi connectivity index (χ0n) is 64.8. The molecule has 0 unspecified atom stereocenters. The van der Waals surface area contributed by atoms with E-state index in [0.717, 1.165) is 132 Å². The maximum absolute atomic E-state index is 6.52. The van der Waals surface area contributed by atoms with Gasteiger partial charge in [-0.05, 0) is 175 Å². The molecule has 14 heteroatoms. The molecule has 2 aliphatic carbocycles. The summed E-state index contributed by atoms with van der Waals surface area (Å²) in [4.78, 5) is 39.8. The van der Waals surface area contributed by atoms with E-state index in [1.54, 1.807) is 0 Å². The van der Waals surface area contributed by atoms with Crippen molar-refractivity contribution in [1.82, 2.24) is 39.9 Å². The molecule has 0 atom stereocenters. The molecule has 23 rings (SSSR count). The van der Waals surface area contributed by atoms with Gasteiger partial charge in [0.1, 0.15) is 21.9 Å². The monoisotopic (exact) mass is 1560 g/mol. The summed E-state index contributed by atoms with van der Waals surface area (Å²) in [6, 6.07) is 125. The molecule has 20 aromatic rings. The third-order valence-corrected chi connectivity index (χ3v) is 24.0. The van der Waals surface area contributed by atoms with Crippen LogP contribution in [-0.2, 0) is 20.1 Å². The summed E-state index contributed by atoms with van der Waals surface area (Å²) in [6.07, 6.45) is 0. The Labute approximate surface area is 693 Å². The van der Waals surface area contributed by atoms with E-state index in [0.29, 0.717) is 40.9 Å². The van der Waals surface area contributed by atoms with Crippen LogP contribution >= 0.6 is 11.6 Å². The molecular weight excluding hydrogens is 1480 g/mol. The lowest BCUT2D eigenvalue weighted by molar-refractivity contribution is 0.00578. The van der Waals surface area contributed by atoms with Gasteiger partial charge in [0, 0.05) is 38.6 Å². The van der Waals surface area contributed by atoms with Crippen LogP contribution in [0.15, 0.2) is 373 Å². The summed E-state index contributed by atoms with van der Waals surface area (Å²) in [5.74, 6) is 4.37. The topological polar surface area (TPSA) is 148 Å². The van der Waals surface area contributed by atoms with Crippen molar-refractivity contribution >= 4 is 89.5 Å². The molecule has 1 fully saturated rings. The number of halogens is 1. The summed E-state index contributed by atoms with van der Waals surface area (Å²) in [5.41, 5.74) is 18.3.